The topological polar surface area (TPSA) is 47.4 Å². The van der Waals surface area contributed by atoms with Crippen LogP contribution >= 0.6 is 0 Å². The van der Waals surface area contributed by atoms with E-state index in [1.165, 1.54) is 5.56 Å². The van der Waals surface area contributed by atoms with Crippen molar-refractivity contribution in [2.24, 2.45) is 7.05 Å². The van der Waals surface area contributed by atoms with Crippen molar-refractivity contribution in [2.75, 3.05) is 13.1 Å². The van der Waals surface area contributed by atoms with Gasteiger partial charge in [0.1, 0.15) is 11.6 Å². The third kappa shape index (κ3) is 4.84. The van der Waals surface area contributed by atoms with Crippen LogP contribution in [0, 0.1) is 0 Å². The zero-order valence-electron chi connectivity index (χ0n) is 13.6. The largest absolute Gasteiger partial charge is 0.459 e. The van der Waals surface area contributed by atoms with Crippen LogP contribution in [0.2, 0.25) is 0 Å². The summed E-state index contributed by atoms with van der Waals surface area (Å²) >= 11 is 0. The minimum atomic E-state index is -0.413. The van der Waals surface area contributed by atoms with E-state index in [1.54, 1.807) is 0 Å². The lowest BCUT2D eigenvalue weighted by Gasteiger charge is -2.35. The summed E-state index contributed by atoms with van der Waals surface area (Å²) in [7, 11) is 1.92. The van der Waals surface area contributed by atoms with Crippen molar-refractivity contribution in [1.82, 2.24) is 14.7 Å². The predicted octanol–water partition coefficient (Wildman–Crippen LogP) is 2.16. The van der Waals surface area contributed by atoms with Gasteiger partial charge in [-0.2, -0.15) is 5.10 Å². The minimum absolute atomic E-state index is 0.0756. The molecule has 0 spiro atoms. The Morgan fingerprint density at radius 1 is 1.43 bits per heavy atom. The quantitative estimate of drug-likeness (QED) is 0.798. The Kier molecular flexibility index (Phi) is 5.04. The number of hydrogen-bond acceptors (Lipinski definition) is 4. The molecular weight excluding hydrogens is 266 g/mol. The number of esters is 1. The Balaban J connectivity index is 1.93. The summed E-state index contributed by atoms with van der Waals surface area (Å²) in [6.07, 6.45) is 8.02. The molecule has 0 radical (unpaired) electrons. The predicted molar refractivity (Wildman–Crippen MR) is 82.0 cm³/mol. The molecule has 0 bridgehead atoms. The van der Waals surface area contributed by atoms with Crippen LogP contribution in [0.3, 0.4) is 0 Å². The Morgan fingerprint density at radius 2 is 2.19 bits per heavy atom. The first-order chi connectivity index (χ1) is 9.85. The molecule has 0 saturated carbocycles. The first-order valence-corrected chi connectivity index (χ1v) is 7.79. The van der Waals surface area contributed by atoms with Crippen LogP contribution in [0.15, 0.2) is 12.4 Å². The van der Waals surface area contributed by atoms with Crippen molar-refractivity contribution >= 4 is 5.97 Å². The number of rotatable bonds is 4. The van der Waals surface area contributed by atoms with E-state index in [-0.39, 0.29) is 12.0 Å². The fraction of sp³-hybridized carbons (Fsp3) is 0.750. The standard InChI is InChI=1S/C16H27N3O2/c1-16(2,3)21-15(20)14-7-5-6-9-19(14)10-8-13-11-17-18(4)12-13/h11-12,14H,5-10H2,1-4H3. The summed E-state index contributed by atoms with van der Waals surface area (Å²) < 4.78 is 7.38. The number of nitrogens with zero attached hydrogens (tertiary/aromatic N) is 3. The zero-order valence-corrected chi connectivity index (χ0v) is 13.6. The zero-order chi connectivity index (χ0) is 15.5. The van der Waals surface area contributed by atoms with Gasteiger partial charge >= 0.3 is 5.97 Å². The van der Waals surface area contributed by atoms with E-state index in [1.807, 2.05) is 44.9 Å². The van der Waals surface area contributed by atoms with Crippen LogP contribution in [0.25, 0.3) is 0 Å². The number of carbonyl (C=O) groups is 1. The van der Waals surface area contributed by atoms with Crippen molar-refractivity contribution < 1.29 is 9.53 Å². The maximum atomic E-state index is 12.4. The number of piperidine rings is 1. The second-order valence-corrected chi connectivity index (χ2v) is 6.85. The van der Waals surface area contributed by atoms with E-state index in [4.69, 9.17) is 4.74 Å². The van der Waals surface area contributed by atoms with Gasteiger partial charge in [-0.05, 0) is 52.1 Å². The summed E-state index contributed by atoms with van der Waals surface area (Å²) in [4.78, 5) is 14.6. The number of aryl methyl sites for hydroxylation is 1. The number of aromatic nitrogens is 2. The number of ether oxygens (including phenoxy) is 1. The van der Waals surface area contributed by atoms with Gasteiger partial charge in [-0.25, -0.2) is 0 Å². The summed E-state index contributed by atoms with van der Waals surface area (Å²) in [5.41, 5.74) is 0.801. The SMILES string of the molecule is Cn1cc(CCN2CCCCC2C(=O)OC(C)(C)C)cn1. The van der Waals surface area contributed by atoms with E-state index >= 15 is 0 Å². The summed E-state index contributed by atoms with van der Waals surface area (Å²) in [6.45, 7) is 7.63. The Hall–Kier alpha value is -1.36. The van der Waals surface area contributed by atoms with Gasteiger partial charge in [0.05, 0.1) is 6.20 Å². The van der Waals surface area contributed by atoms with Crippen LogP contribution in [0.1, 0.15) is 45.6 Å². The maximum absolute atomic E-state index is 12.4. The van der Waals surface area contributed by atoms with Gasteiger partial charge in [0, 0.05) is 19.8 Å². The van der Waals surface area contributed by atoms with Crippen LogP contribution in [-0.4, -0.2) is 45.4 Å². The molecule has 1 unspecified atom stereocenters. The van der Waals surface area contributed by atoms with E-state index in [9.17, 15) is 4.79 Å². The molecule has 1 aromatic heterocycles. The molecule has 1 aromatic rings. The summed E-state index contributed by atoms with van der Waals surface area (Å²) in [5, 5.41) is 4.19. The molecule has 118 valence electrons. The first kappa shape index (κ1) is 16.0. The van der Waals surface area contributed by atoms with Crippen molar-refractivity contribution in [3.05, 3.63) is 18.0 Å². The summed E-state index contributed by atoms with van der Waals surface area (Å²) in [5.74, 6) is -0.0756. The molecule has 5 heteroatoms. The fourth-order valence-electron chi connectivity index (χ4n) is 2.77. The van der Waals surface area contributed by atoms with Crippen molar-refractivity contribution in [2.45, 2.75) is 58.1 Å². The molecule has 0 aromatic carbocycles. The van der Waals surface area contributed by atoms with E-state index in [0.717, 1.165) is 38.8 Å². The van der Waals surface area contributed by atoms with E-state index < -0.39 is 5.60 Å². The molecule has 1 fully saturated rings. The molecule has 2 heterocycles. The maximum Gasteiger partial charge on any atom is 0.323 e. The molecule has 1 atom stereocenters. The van der Waals surface area contributed by atoms with Crippen molar-refractivity contribution in [1.29, 1.82) is 0 Å². The third-order valence-electron chi connectivity index (χ3n) is 3.74. The highest BCUT2D eigenvalue weighted by atomic mass is 16.6. The molecular formula is C16H27N3O2. The third-order valence-corrected chi connectivity index (χ3v) is 3.74. The molecule has 0 aliphatic carbocycles. The van der Waals surface area contributed by atoms with E-state index in [0.29, 0.717) is 0 Å². The van der Waals surface area contributed by atoms with Gasteiger partial charge in [-0.1, -0.05) is 6.42 Å². The minimum Gasteiger partial charge on any atom is -0.459 e. The molecule has 0 N–H and O–H groups in total. The van der Waals surface area contributed by atoms with Gasteiger partial charge in [0.2, 0.25) is 0 Å². The van der Waals surface area contributed by atoms with Gasteiger partial charge in [-0.3, -0.25) is 14.4 Å². The molecule has 5 nitrogen and oxygen atoms in total. The highest BCUT2D eigenvalue weighted by Crippen LogP contribution is 2.21. The normalized spacial score (nSPS) is 20.5. The molecule has 21 heavy (non-hydrogen) atoms. The molecule has 1 saturated heterocycles. The lowest BCUT2D eigenvalue weighted by Crippen LogP contribution is -2.47. The van der Waals surface area contributed by atoms with Crippen LogP contribution in [0.4, 0.5) is 0 Å². The van der Waals surface area contributed by atoms with Gasteiger partial charge in [0.25, 0.3) is 0 Å². The van der Waals surface area contributed by atoms with Gasteiger partial charge < -0.3 is 4.74 Å². The molecule has 1 aliphatic rings. The molecule has 1 aliphatic heterocycles. The van der Waals surface area contributed by atoms with Crippen LogP contribution < -0.4 is 0 Å². The van der Waals surface area contributed by atoms with Crippen molar-refractivity contribution in [3.8, 4) is 0 Å². The second kappa shape index (κ2) is 6.60. The Bertz CT molecular complexity index is 476. The van der Waals surface area contributed by atoms with Crippen LogP contribution in [0.5, 0.6) is 0 Å². The van der Waals surface area contributed by atoms with E-state index in [2.05, 4.69) is 10.00 Å². The highest BCUT2D eigenvalue weighted by molar-refractivity contribution is 5.76. The molecule has 2 rings (SSSR count). The second-order valence-electron chi connectivity index (χ2n) is 6.85. The lowest BCUT2D eigenvalue weighted by molar-refractivity contribution is -0.162. The van der Waals surface area contributed by atoms with Crippen LogP contribution in [-0.2, 0) is 23.0 Å². The monoisotopic (exact) mass is 293 g/mol. The average Bonchev–Trinajstić information content (AvgIpc) is 2.80. The van der Waals surface area contributed by atoms with Crippen molar-refractivity contribution in [3.63, 3.8) is 0 Å². The van der Waals surface area contributed by atoms with Gasteiger partial charge in [0.15, 0.2) is 0 Å². The number of carbonyl (C=O) groups excluding carboxylic acids is 1. The Morgan fingerprint density at radius 3 is 2.81 bits per heavy atom. The highest BCUT2D eigenvalue weighted by Gasteiger charge is 2.32. The fourth-order valence-corrected chi connectivity index (χ4v) is 2.77. The Labute approximate surface area is 127 Å². The smallest absolute Gasteiger partial charge is 0.323 e. The average molecular weight is 293 g/mol. The van der Waals surface area contributed by atoms with Gasteiger partial charge in [-0.15, -0.1) is 0 Å². The lowest BCUT2D eigenvalue weighted by atomic mass is 10.0. The summed E-state index contributed by atoms with van der Waals surface area (Å²) in [6, 6.07) is -0.0883. The number of likely N-dealkylation sites (tertiary alicyclic amines) is 1. The number of hydrogen-bond donors (Lipinski definition) is 0. The molecule has 0 amide bonds. The first-order valence-electron chi connectivity index (χ1n) is 7.79.